The SMILES string of the molecule is C#C[N]=[Pt]=[N]C#N. The molecule has 0 spiro atoms. The predicted octanol–water partition coefficient (Wildman–Crippen LogP) is 0.508. The van der Waals surface area contributed by atoms with Crippen LogP contribution in [0.3, 0.4) is 0 Å². The van der Waals surface area contributed by atoms with Crippen molar-refractivity contribution in [1.82, 2.24) is 0 Å². The number of terminal acetylenes is 1. The van der Waals surface area contributed by atoms with Gasteiger partial charge in [-0.25, -0.2) is 0 Å². The van der Waals surface area contributed by atoms with Crippen molar-refractivity contribution in [2.24, 2.45) is 6.99 Å². The van der Waals surface area contributed by atoms with E-state index < -0.39 is 18.2 Å². The second-order valence-electron chi connectivity index (χ2n) is 0.434. The Balaban J connectivity index is 3.78. The van der Waals surface area contributed by atoms with Gasteiger partial charge in [0.2, 0.25) is 0 Å². The van der Waals surface area contributed by atoms with Gasteiger partial charge in [-0.1, -0.05) is 0 Å². The van der Waals surface area contributed by atoms with Crippen molar-refractivity contribution >= 4 is 0 Å². The van der Waals surface area contributed by atoms with Crippen LogP contribution in [0.5, 0.6) is 0 Å². The molecule has 0 aromatic heterocycles. The van der Waals surface area contributed by atoms with Crippen LogP contribution in [0.4, 0.5) is 0 Å². The van der Waals surface area contributed by atoms with E-state index in [4.69, 9.17) is 11.7 Å². The summed E-state index contributed by atoms with van der Waals surface area (Å²) in [6, 6.07) is 2.03. The van der Waals surface area contributed by atoms with E-state index in [0.717, 1.165) is 0 Å². The Morgan fingerprint density at radius 1 is 1.57 bits per heavy atom. The summed E-state index contributed by atoms with van der Waals surface area (Å²) in [7, 11) is 0. The summed E-state index contributed by atoms with van der Waals surface area (Å²) >= 11 is -0.731. The third-order valence-electron chi connectivity index (χ3n) is 0.136. The zero-order chi connectivity index (χ0) is 5.54. The molecule has 0 aliphatic rings. The minimum atomic E-state index is -0.731. The summed E-state index contributed by atoms with van der Waals surface area (Å²) in [4.78, 5) is 0. The van der Waals surface area contributed by atoms with Crippen molar-refractivity contribution in [1.29, 1.82) is 5.26 Å². The van der Waals surface area contributed by atoms with E-state index in [1.54, 1.807) is 6.19 Å². The average Bonchev–Trinajstić information content (AvgIpc) is 1.69. The number of hydrogen-bond acceptors (Lipinski definition) is 3. The third kappa shape index (κ3) is 5.34. The number of nitrogens with zero attached hydrogens (tertiary/aromatic N) is 3. The second kappa shape index (κ2) is 5.34. The molecule has 0 aromatic carbocycles. The molecule has 0 aromatic rings. The van der Waals surface area contributed by atoms with Crippen LogP contribution < -0.4 is 0 Å². The Kier molecular flexibility index (Phi) is 4.83. The van der Waals surface area contributed by atoms with E-state index >= 15 is 0 Å². The van der Waals surface area contributed by atoms with Gasteiger partial charge in [-0.2, -0.15) is 0 Å². The molecule has 38 valence electrons. The Bertz CT molecular complexity index is 157. The van der Waals surface area contributed by atoms with Crippen LogP contribution in [0.25, 0.3) is 0 Å². The molecule has 0 atom stereocenters. The van der Waals surface area contributed by atoms with Gasteiger partial charge in [0, 0.05) is 0 Å². The van der Waals surface area contributed by atoms with Gasteiger partial charge in [-0.05, 0) is 0 Å². The van der Waals surface area contributed by atoms with E-state index in [1.165, 1.54) is 0 Å². The van der Waals surface area contributed by atoms with Gasteiger partial charge in [0.05, 0.1) is 0 Å². The topological polar surface area (TPSA) is 48.5 Å². The molecule has 7 heavy (non-hydrogen) atoms. The average molecular weight is 274 g/mol. The molecule has 0 N–H and O–H groups in total. The van der Waals surface area contributed by atoms with E-state index in [1.807, 2.05) is 6.04 Å². The van der Waals surface area contributed by atoms with Crippen LogP contribution in [0.15, 0.2) is 6.99 Å². The van der Waals surface area contributed by atoms with Gasteiger partial charge in [0.25, 0.3) is 0 Å². The van der Waals surface area contributed by atoms with Gasteiger partial charge in [-0.15, -0.1) is 0 Å². The van der Waals surface area contributed by atoms with Crippen LogP contribution >= 0.6 is 0 Å². The summed E-state index contributed by atoms with van der Waals surface area (Å²) in [5.41, 5.74) is 0. The molecule has 0 bridgehead atoms. The molecule has 0 aliphatic carbocycles. The van der Waals surface area contributed by atoms with E-state index in [0.29, 0.717) is 0 Å². The first-order valence-corrected chi connectivity index (χ1v) is 3.27. The van der Waals surface area contributed by atoms with Gasteiger partial charge in [0.1, 0.15) is 0 Å². The maximum absolute atomic E-state index is 7.78. The van der Waals surface area contributed by atoms with E-state index in [2.05, 4.69) is 6.99 Å². The zero-order valence-electron chi connectivity index (χ0n) is 3.24. The van der Waals surface area contributed by atoms with Crippen molar-refractivity contribution in [3.05, 3.63) is 0 Å². The van der Waals surface area contributed by atoms with Crippen LogP contribution in [-0.2, 0) is 18.2 Å². The van der Waals surface area contributed by atoms with Gasteiger partial charge in [0.15, 0.2) is 0 Å². The van der Waals surface area contributed by atoms with Crippen LogP contribution in [0.2, 0.25) is 0 Å². The Morgan fingerprint density at radius 2 is 2.29 bits per heavy atom. The van der Waals surface area contributed by atoms with Crippen molar-refractivity contribution in [3.63, 3.8) is 0 Å². The quantitative estimate of drug-likeness (QED) is 0.469. The molecule has 0 heterocycles. The summed E-state index contributed by atoms with van der Waals surface area (Å²) < 4.78 is 6.68. The molecule has 3 nitrogen and oxygen atoms in total. The molecule has 4 heteroatoms. The van der Waals surface area contributed by atoms with E-state index in [-0.39, 0.29) is 0 Å². The molecule has 0 fully saturated rings. The van der Waals surface area contributed by atoms with E-state index in [9.17, 15) is 0 Å². The van der Waals surface area contributed by atoms with Gasteiger partial charge in [-0.3, -0.25) is 0 Å². The standard InChI is InChI=1S/C2HN.CN2.Pt/c1-2-3;2-1-3;/h1H;;. The second-order valence-corrected chi connectivity index (χ2v) is 1.90. The maximum atomic E-state index is 7.78. The Morgan fingerprint density at radius 3 is 2.71 bits per heavy atom. The molecule has 0 radical (unpaired) electrons. The fourth-order valence-electron chi connectivity index (χ4n) is 0.0482. The predicted molar refractivity (Wildman–Crippen MR) is 19.3 cm³/mol. The van der Waals surface area contributed by atoms with Crippen molar-refractivity contribution in [3.8, 4) is 18.7 Å². The number of rotatable bonds is 0. The summed E-state index contributed by atoms with van der Waals surface area (Å²) in [5.74, 6) is 0. The first kappa shape index (κ1) is 6.34. The normalized spacial score (nSPS) is 6.00. The van der Waals surface area contributed by atoms with Gasteiger partial charge >= 0.3 is 49.1 Å². The molecule has 0 saturated carbocycles. The minimum absolute atomic E-state index is 0.731. The monoisotopic (exact) mass is 274 g/mol. The van der Waals surface area contributed by atoms with Gasteiger partial charge < -0.3 is 0 Å². The van der Waals surface area contributed by atoms with Crippen molar-refractivity contribution in [2.75, 3.05) is 0 Å². The molecule has 0 amide bonds. The molecular weight excluding hydrogens is 273 g/mol. The summed E-state index contributed by atoms with van der Waals surface area (Å²) in [6.45, 7) is 0. The van der Waals surface area contributed by atoms with Crippen LogP contribution in [0.1, 0.15) is 0 Å². The molecular formula is C3HN3Pt. The van der Waals surface area contributed by atoms with Crippen LogP contribution in [-0.4, -0.2) is 0 Å². The van der Waals surface area contributed by atoms with Crippen molar-refractivity contribution < 1.29 is 18.2 Å². The Labute approximate surface area is 49.6 Å². The first-order valence-electron chi connectivity index (χ1n) is 1.24. The zero-order valence-corrected chi connectivity index (χ0v) is 5.51. The third-order valence-corrected chi connectivity index (χ3v) is 1.11. The number of nitriles is 1. The molecule has 0 unspecified atom stereocenters. The molecule has 0 rings (SSSR count). The van der Waals surface area contributed by atoms with Crippen molar-refractivity contribution in [2.45, 2.75) is 0 Å². The fraction of sp³-hybridized carbons (Fsp3) is 0. The summed E-state index contributed by atoms with van der Waals surface area (Å²) in [5, 5.41) is 7.78. The Hall–Kier alpha value is -0.662. The first-order chi connectivity index (χ1) is 3.41. The molecule has 0 saturated heterocycles. The molecule has 0 aliphatic heterocycles. The van der Waals surface area contributed by atoms with Crippen LogP contribution in [0, 0.1) is 23.9 Å². The number of hydrogen-bond donors (Lipinski definition) is 0. The fourth-order valence-corrected chi connectivity index (χ4v) is 0.395. The summed E-state index contributed by atoms with van der Waals surface area (Å²) in [6.07, 6.45) is 6.30.